The minimum atomic E-state index is 0.113. The van der Waals surface area contributed by atoms with Crippen LogP contribution in [0.2, 0.25) is 0 Å². The molecule has 0 bridgehead atoms. The summed E-state index contributed by atoms with van der Waals surface area (Å²) in [6.45, 7) is 6.62. The molecule has 2 amide bonds. The lowest BCUT2D eigenvalue weighted by molar-refractivity contribution is -0.139. The molecule has 3 rings (SSSR count). The van der Waals surface area contributed by atoms with Gasteiger partial charge in [-0.25, -0.2) is 0 Å². The summed E-state index contributed by atoms with van der Waals surface area (Å²) in [6, 6.07) is 8.19. The number of hydrogen-bond donors (Lipinski definition) is 1. The number of aryl methyl sites for hydroxylation is 1. The van der Waals surface area contributed by atoms with Gasteiger partial charge in [0.1, 0.15) is 0 Å². The number of rotatable bonds is 4. The van der Waals surface area contributed by atoms with Gasteiger partial charge in [-0.15, -0.1) is 0 Å². The van der Waals surface area contributed by atoms with Crippen molar-refractivity contribution in [3.8, 4) is 0 Å². The molecule has 0 aliphatic carbocycles. The van der Waals surface area contributed by atoms with Crippen molar-refractivity contribution in [3.63, 3.8) is 0 Å². The molecule has 2 fully saturated rings. The van der Waals surface area contributed by atoms with Crippen LogP contribution in [0.3, 0.4) is 0 Å². The van der Waals surface area contributed by atoms with Crippen molar-refractivity contribution < 1.29 is 14.3 Å². The Morgan fingerprint density at radius 2 is 1.72 bits per heavy atom. The van der Waals surface area contributed by atoms with E-state index in [2.05, 4.69) is 5.32 Å². The minimum Gasteiger partial charge on any atom is -0.378 e. The quantitative estimate of drug-likeness (QED) is 0.868. The SMILES string of the molecule is Cc1ccc(CC(=O)N2CCN(C(=O)CC3COCCN3)CC2)cc1. The second-order valence-corrected chi connectivity index (χ2v) is 6.85. The molecule has 1 N–H and O–H groups in total. The summed E-state index contributed by atoms with van der Waals surface area (Å²) >= 11 is 0. The fourth-order valence-corrected chi connectivity index (χ4v) is 3.29. The van der Waals surface area contributed by atoms with Crippen LogP contribution in [0.1, 0.15) is 17.5 Å². The van der Waals surface area contributed by atoms with Crippen molar-refractivity contribution in [1.29, 1.82) is 0 Å². The highest BCUT2D eigenvalue weighted by molar-refractivity contribution is 5.80. The first-order valence-corrected chi connectivity index (χ1v) is 9.04. The van der Waals surface area contributed by atoms with E-state index >= 15 is 0 Å². The number of piperazine rings is 1. The Kier molecular flexibility index (Phi) is 6.04. The number of nitrogens with one attached hydrogen (secondary N) is 1. The first-order chi connectivity index (χ1) is 12.1. The smallest absolute Gasteiger partial charge is 0.227 e. The van der Waals surface area contributed by atoms with Gasteiger partial charge in [-0.2, -0.15) is 0 Å². The summed E-state index contributed by atoms with van der Waals surface area (Å²) in [5.74, 6) is 0.284. The summed E-state index contributed by atoms with van der Waals surface area (Å²) in [5, 5.41) is 3.31. The molecule has 136 valence electrons. The summed E-state index contributed by atoms with van der Waals surface area (Å²) < 4.78 is 5.40. The number of nitrogens with zero attached hydrogens (tertiary/aromatic N) is 2. The molecule has 2 heterocycles. The van der Waals surface area contributed by atoms with Crippen LogP contribution in [-0.4, -0.2) is 73.6 Å². The summed E-state index contributed by atoms with van der Waals surface area (Å²) in [7, 11) is 0. The van der Waals surface area contributed by atoms with Crippen molar-refractivity contribution in [2.75, 3.05) is 45.9 Å². The fourth-order valence-electron chi connectivity index (χ4n) is 3.29. The number of carbonyl (C=O) groups is 2. The van der Waals surface area contributed by atoms with E-state index in [1.165, 1.54) is 5.56 Å². The fraction of sp³-hybridized carbons (Fsp3) is 0.579. The van der Waals surface area contributed by atoms with Gasteiger partial charge in [-0.1, -0.05) is 29.8 Å². The molecule has 1 aromatic carbocycles. The van der Waals surface area contributed by atoms with Crippen molar-refractivity contribution in [2.45, 2.75) is 25.8 Å². The number of hydrogen-bond acceptors (Lipinski definition) is 4. The van der Waals surface area contributed by atoms with Gasteiger partial charge in [-0.05, 0) is 12.5 Å². The third-order valence-corrected chi connectivity index (χ3v) is 4.88. The number of amides is 2. The zero-order valence-corrected chi connectivity index (χ0v) is 14.9. The first kappa shape index (κ1) is 17.9. The van der Waals surface area contributed by atoms with Gasteiger partial charge >= 0.3 is 0 Å². The Morgan fingerprint density at radius 1 is 1.08 bits per heavy atom. The van der Waals surface area contributed by atoms with E-state index in [1.807, 2.05) is 41.0 Å². The Balaban J connectivity index is 1.43. The zero-order chi connectivity index (χ0) is 17.6. The molecule has 6 nitrogen and oxygen atoms in total. The third kappa shape index (κ3) is 5.03. The van der Waals surface area contributed by atoms with Crippen LogP contribution in [0.15, 0.2) is 24.3 Å². The number of carbonyl (C=O) groups excluding carboxylic acids is 2. The van der Waals surface area contributed by atoms with Crippen molar-refractivity contribution in [3.05, 3.63) is 35.4 Å². The maximum absolute atomic E-state index is 12.4. The number of ether oxygens (including phenoxy) is 1. The van der Waals surface area contributed by atoms with Gasteiger partial charge < -0.3 is 19.9 Å². The average molecular weight is 345 g/mol. The average Bonchev–Trinajstić information content (AvgIpc) is 2.64. The molecular formula is C19H27N3O3. The van der Waals surface area contributed by atoms with Crippen molar-refractivity contribution in [2.24, 2.45) is 0 Å². The van der Waals surface area contributed by atoms with Crippen LogP contribution in [-0.2, 0) is 20.7 Å². The van der Waals surface area contributed by atoms with Gasteiger partial charge in [-0.3, -0.25) is 9.59 Å². The highest BCUT2D eigenvalue weighted by atomic mass is 16.5. The summed E-state index contributed by atoms with van der Waals surface area (Å²) in [6.07, 6.45) is 0.898. The Hall–Kier alpha value is -1.92. The van der Waals surface area contributed by atoms with Gasteiger partial charge in [0.2, 0.25) is 11.8 Å². The predicted octanol–water partition coefficient (Wildman–Crippen LogP) is 0.587. The highest BCUT2D eigenvalue weighted by Gasteiger charge is 2.26. The van der Waals surface area contributed by atoms with Crippen LogP contribution in [0.4, 0.5) is 0 Å². The topological polar surface area (TPSA) is 61.9 Å². The number of benzene rings is 1. The largest absolute Gasteiger partial charge is 0.378 e. The molecular weight excluding hydrogens is 318 g/mol. The van der Waals surface area contributed by atoms with Gasteiger partial charge in [0.25, 0.3) is 0 Å². The Morgan fingerprint density at radius 3 is 2.32 bits per heavy atom. The summed E-state index contributed by atoms with van der Waals surface area (Å²) in [4.78, 5) is 28.6. The van der Waals surface area contributed by atoms with E-state index in [-0.39, 0.29) is 17.9 Å². The molecule has 25 heavy (non-hydrogen) atoms. The Bertz CT molecular complexity index is 588. The van der Waals surface area contributed by atoms with Crippen LogP contribution < -0.4 is 5.32 Å². The van der Waals surface area contributed by atoms with Crippen LogP contribution >= 0.6 is 0 Å². The molecule has 2 aliphatic heterocycles. The van der Waals surface area contributed by atoms with Crippen LogP contribution in [0.5, 0.6) is 0 Å². The zero-order valence-electron chi connectivity index (χ0n) is 14.9. The van der Waals surface area contributed by atoms with E-state index in [4.69, 9.17) is 4.74 Å². The lowest BCUT2D eigenvalue weighted by Gasteiger charge is -2.36. The maximum Gasteiger partial charge on any atom is 0.227 e. The second kappa shape index (κ2) is 8.45. The molecule has 2 saturated heterocycles. The van der Waals surface area contributed by atoms with Crippen molar-refractivity contribution in [1.82, 2.24) is 15.1 Å². The summed E-state index contributed by atoms with van der Waals surface area (Å²) in [5.41, 5.74) is 2.23. The van der Waals surface area contributed by atoms with E-state index < -0.39 is 0 Å². The Labute approximate surface area is 149 Å². The van der Waals surface area contributed by atoms with E-state index in [1.54, 1.807) is 0 Å². The molecule has 1 unspecified atom stereocenters. The number of morpholine rings is 1. The van der Waals surface area contributed by atoms with E-state index in [0.29, 0.717) is 52.2 Å². The van der Waals surface area contributed by atoms with E-state index in [9.17, 15) is 9.59 Å². The van der Waals surface area contributed by atoms with Gasteiger partial charge in [0.05, 0.1) is 19.6 Å². The van der Waals surface area contributed by atoms with E-state index in [0.717, 1.165) is 12.1 Å². The lowest BCUT2D eigenvalue weighted by Crippen LogP contribution is -2.52. The lowest BCUT2D eigenvalue weighted by atomic mass is 10.1. The third-order valence-electron chi connectivity index (χ3n) is 4.88. The molecule has 0 spiro atoms. The predicted molar refractivity (Wildman–Crippen MR) is 95.3 cm³/mol. The van der Waals surface area contributed by atoms with Crippen LogP contribution in [0, 0.1) is 6.92 Å². The monoisotopic (exact) mass is 345 g/mol. The molecule has 0 saturated carbocycles. The second-order valence-electron chi connectivity index (χ2n) is 6.85. The maximum atomic E-state index is 12.4. The molecule has 0 aromatic heterocycles. The van der Waals surface area contributed by atoms with Gasteiger partial charge in [0.15, 0.2) is 0 Å². The molecule has 6 heteroatoms. The van der Waals surface area contributed by atoms with Gasteiger partial charge in [0, 0.05) is 45.2 Å². The molecule has 2 aliphatic rings. The minimum absolute atomic E-state index is 0.113. The van der Waals surface area contributed by atoms with Crippen molar-refractivity contribution >= 4 is 11.8 Å². The standard InChI is InChI=1S/C19H27N3O3/c1-15-2-4-16(5-3-15)12-18(23)21-7-9-22(10-8-21)19(24)13-17-14-25-11-6-20-17/h2-5,17,20H,6-14H2,1H3. The molecule has 1 aromatic rings. The molecule has 0 radical (unpaired) electrons. The molecule has 1 atom stereocenters. The first-order valence-electron chi connectivity index (χ1n) is 9.04. The van der Waals surface area contributed by atoms with Crippen LogP contribution in [0.25, 0.3) is 0 Å². The highest BCUT2D eigenvalue weighted by Crippen LogP contribution is 2.10. The normalized spacial score (nSPS) is 21.2.